The molecule has 1 N–H and O–H groups in total. The van der Waals surface area contributed by atoms with Gasteiger partial charge in [-0.15, -0.1) is 24.0 Å². The van der Waals surface area contributed by atoms with Crippen LogP contribution in [-0.2, 0) is 9.53 Å². The van der Waals surface area contributed by atoms with E-state index in [1.54, 1.807) is 26.1 Å². The van der Waals surface area contributed by atoms with Gasteiger partial charge < -0.3 is 19.9 Å². The van der Waals surface area contributed by atoms with Crippen LogP contribution in [-0.4, -0.2) is 99.2 Å². The number of ether oxygens (including phenoxy) is 1. The normalized spacial score (nSPS) is 22.1. The fraction of sp³-hybridized carbons (Fsp3) is 0.875. The van der Waals surface area contributed by atoms with Crippen molar-refractivity contribution in [2.45, 2.75) is 32.9 Å². The summed E-state index contributed by atoms with van der Waals surface area (Å²) < 4.78 is 5.21. The lowest BCUT2D eigenvalue weighted by atomic mass is 10.1. The van der Waals surface area contributed by atoms with Crippen LogP contribution >= 0.6 is 24.0 Å². The van der Waals surface area contributed by atoms with Crippen LogP contribution in [0.3, 0.4) is 0 Å². The Morgan fingerprint density at radius 3 is 2.33 bits per heavy atom. The van der Waals surface area contributed by atoms with E-state index in [0.29, 0.717) is 12.1 Å². The van der Waals surface area contributed by atoms with Gasteiger partial charge in [0.05, 0.1) is 6.61 Å². The molecule has 0 aromatic heterocycles. The van der Waals surface area contributed by atoms with Crippen LogP contribution in [0.25, 0.3) is 0 Å². The molecule has 142 valence electrons. The number of rotatable bonds is 6. The second-order valence-corrected chi connectivity index (χ2v) is 6.29. The molecule has 1 fully saturated rings. The summed E-state index contributed by atoms with van der Waals surface area (Å²) in [6.07, 6.45) is 0. The van der Waals surface area contributed by atoms with E-state index in [2.05, 4.69) is 34.0 Å². The van der Waals surface area contributed by atoms with Gasteiger partial charge in [0, 0.05) is 59.5 Å². The molecular weight excluding hydrogens is 421 g/mol. The Hall–Kier alpha value is -0.610. The summed E-state index contributed by atoms with van der Waals surface area (Å²) in [5.41, 5.74) is 0. The summed E-state index contributed by atoms with van der Waals surface area (Å²) in [7, 11) is 5.25. The molecule has 1 saturated heterocycles. The van der Waals surface area contributed by atoms with Gasteiger partial charge in [-0.3, -0.25) is 9.69 Å². The van der Waals surface area contributed by atoms with Gasteiger partial charge in [-0.25, -0.2) is 4.99 Å². The molecule has 1 amide bonds. The number of aliphatic imine (C=N–C) groups is 1. The number of guanidine groups is 1. The van der Waals surface area contributed by atoms with Crippen molar-refractivity contribution < 1.29 is 9.53 Å². The average Bonchev–Trinajstić information content (AvgIpc) is 2.50. The highest BCUT2D eigenvalue weighted by Gasteiger charge is 2.30. The average molecular weight is 455 g/mol. The molecule has 1 rings (SSSR count). The van der Waals surface area contributed by atoms with E-state index in [9.17, 15) is 4.79 Å². The van der Waals surface area contributed by atoms with Gasteiger partial charge in [0.1, 0.15) is 6.54 Å². The molecule has 1 heterocycles. The van der Waals surface area contributed by atoms with Gasteiger partial charge in [0.2, 0.25) is 5.91 Å². The molecule has 0 aromatic rings. The summed E-state index contributed by atoms with van der Waals surface area (Å²) in [6, 6.07) is 0.838. The maximum atomic E-state index is 11.8. The number of hydrogen-bond acceptors (Lipinski definition) is 4. The molecule has 0 bridgehead atoms. The lowest BCUT2D eigenvalue weighted by molar-refractivity contribution is -0.127. The number of hydrogen-bond donors (Lipinski definition) is 1. The summed E-state index contributed by atoms with van der Waals surface area (Å²) in [5, 5.41) is 3.31. The number of amides is 1. The van der Waals surface area contributed by atoms with Crippen molar-refractivity contribution in [1.82, 2.24) is 20.0 Å². The SMILES string of the molecule is CCNC(=NCC(=O)N(C)C)N1CC(C)N(CCOC)C(C)C1.I. The molecule has 7 nitrogen and oxygen atoms in total. The summed E-state index contributed by atoms with van der Waals surface area (Å²) >= 11 is 0. The number of carbonyl (C=O) groups is 1. The van der Waals surface area contributed by atoms with Crippen molar-refractivity contribution in [3.8, 4) is 0 Å². The molecule has 24 heavy (non-hydrogen) atoms. The molecule has 0 saturated carbocycles. The fourth-order valence-electron chi connectivity index (χ4n) is 2.88. The van der Waals surface area contributed by atoms with E-state index >= 15 is 0 Å². The largest absolute Gasteiger partial charge is 0.383 e. The molecule has 0 aromatic carbocycles. The maximum Gasteiger partial charge on any atom is 0.243 e. The smallest absolute Gasteiger partial charge is 0.243 e. The van der Waals surface area contributed by atoms with Crippen LogP contribution in [0.1, 0.15) is 20.8 Å². The standard InChI is InChI=1S/C16H33N5O2.HI/c1-7-17-16(18-10-15(22)19(4)5)20-11-13(2)21(8-9-23-6)14(3)12-20;/h13-14H,7-12H2,1-6H3,(H,17,18);1H. The van der Waals surface area contributed by atoms with Crippen LogP contribution in [0.15, 0.2) is 4.99 Å². The van der Waals surface area contributed by atoms with Crippen LogP contribution in [0.5, 0.6) is 0 Å². The predicted octanol–water partition coefficient (Wildman–Crippen LogP) is 0.699. The van der Waals surface area contributed by atoms with Gasteiger partial charge in [0.25, 0.3) is 0 Å². The lowest BCUT2D eigenvalue weighted by Gasteiger charge is -2.45. The quantitative estimate of drug-likeness (QED) is 0.363. The Kier molecular flexibility index (Phi) is 11.6. The first-order valence-electron chi connectivity index (χ1n) is 8.38. The van der Waals surface area contributed by atoms with E-state index in [1.807, 2.05) is 6.92 Å². The maximum absolute atomic E-state index is 11.8. The van der Waals surface area contributed by atoms with E-state index < -0.39 is 0 Å². The van der Waals surface area contributed by atoms with Crippen molar-refractivity contribution in [3.05, 3.63) is 0 Å². The molecule has 0 radical (unpaired) electrons. The molecule has 1 aliphatic rings. The molecule has 1 aliphatic heterocycles. The van der Waals surface area contributed by atoms with Gasteiger partial charge in [-0.1, -0.05) is 0 Å². The van der Waals surface area contributed by atoms with E-state index in [-0.39, 0.29) is 36.4 Å². The summed E-state index contributed by atoms with van der Waals surface area (Å²) in [6.45, 7) is 11.0. The minimum absolute atomic E-state index is 0. The van der Waals surface area contributed by atoms with Crippen LogP contribution < -0.4 is 5.32 Å². The summed E-state index contributed by atoms with van der Waals surface area (Å²) in [4.78, 5) is 22.6. The highest BCUT2D eigenvalue weighted by molar-refractivity contribution is 14.0. The van der Waals surface area contributed by atoms with Gasteiger partial charge in [0.15, 0.2) is 5.96 Å². The number of methoxy groups -OCH3 is 1. The topological polar surface area (TPSA) is 60.4 Å². The van der Waals surface area contributed by atoms with E-state index in [4.69, 9.17) is 4.74 Å². The lowest BCUT2D eigenvalue weighted by Crippen LogP contribution is -2.60. The first kappa shape index (κ1) is 23.4. The number of halogens is 1. The highest BCUT2D eigenvalue weighted by Crippen LogP contribution is 2.15. The van der Waals surface area contributed by atoms with E-state index in [1.165, 1.54) is 0 Å². The van der Waals surface area contributed by atoms with Crippen LogP contribution in [0.2, 0.25) is 0 Å². The molecule has 2 unspecified atom stereocenters. The zero-order valence-corrected chi connectivity index (χ0v) is 18.2. The van der Waals surface area contributed by atoms with Gasteiger partial charge >= 0.3 is 0 Å². The second kappa shape index (κ2) is 11.9. The Morgan fingerprint density at radius 2 is 1.88 bits per heavy atom. The Bertz CT molecular complexity index is 394. The third-order valence-electron chi connectivity index (χ3n) is 4.15. The fourth-order valence-corrected chi connectivity index (χ4v) is 2.88. The number of piperazine rings is 1. The molecule has 8 heteroatoms. The predicted molar refractivity (Wildman–Crippen MR) is 109 cm³/mol. The monoisotopic (exact) mass is 455 g/mol. The van der Waals surface area contributed by atoms with Gasteiger partial charge in [-0.05, 0) is 20.8 Å². The third-order valence-corrected chi connectivity index (χ3v) is 4.15. The second-order valence-electron chi connectivity index (χ2n) is 6.29. The number of nitrogens with zero attached hydrogens (tertiary/aromatic N) is 4. The van der Waals surface area contributed by atoms with Crippen molar-refractivity contribution in [2.75, 3.05) is 60.5 Å². The van der Waals surface area contributed by atoms with Crippen molar-refractivity contribution in [1.29, 1.82) is 0 Å². The zero-order valence-electron chi connectivity index (χ0n) is 15.9. The first-order chi connectivity index (χ1) is 10.9. The Morgan fingerprint density at radius 1 is 1.29 bits per heavy atom. The van der Waals surface area contributed by atoms with Crippen LogP contribution in [0, 0.1) is 0 Å². The van der Waals surface area contributed by atoms with Crippen LogP contribution in [0.4, 0.5) is 0 Å². The number of likely N-dealkylation sites (N-methyl/N-ethyl adjacent to an activating group) is 1. The van der Waals surface area contributed by atoms with Crippen molar-refractivity contribution in [2.24, 2.45) is 4.99 Å². The van der Waals surface area contributed by atoms with Crippen molar-refractivity contribution in [3.63, 3.8) is 0 Å². The number of nitrogens with one attached hydrogen (secondary N) is 1. The molecule has 2 atom stereocenters. The summed E-state index contributed by atoms with van der Waals surface area (Å²) in [5.74, 6) is 0.841. The van der Waals surface area contributed by atoms with E-state index in [0.717, 1.165) is 38.7 Å². The highest BCUT2D eigenvalue weighted by atomic mass is 127. The first-order valence-corrected chi connectivity index (χ1v) is 8.38. The zero-order chi connectivity index (χ0) is 17.4. The Labute approximate surface area is 163 Å². The number of carbonyl (C=O) groups excluding carboxylic acids is 1. The minimum atomic E-state index is 0. The van der Waals surface area contributed by atoms with Gasteiger partial charge in [-0.2, -0.15) is 0 Å². The molecule has 0 aliphatic carbocycles. The third kappa shape index (κ3) is 7.10. The molecular formula is C16H34IN5O2. The van der Waals surface area contributed by atoms with Crippen molar-refractivity contribution >= 4 is 35.8 Å². The minimum Gasteiger partial charge on any atom is -0.383 e. The molecule has 0 spiro atoms. The Balaban J connectivity index is 0.00000529.